The Balaban J connectivity index is 1.47. The fraction of sp³-hybridized carbons (Fsp3) is 0.259. The van der Waals surface area contributed by atoms with Gasteiger partial charge in [0, 0.05) is 22.1 Å². The molecule has 0 atom stereocenters. The van der Waals surface area contributed by atoms with E-state index in [0.29, 0.717) is 16.2 Å². The van der Waals surface area contributed by atoms with Crippen molar-refractivity contribution in [2.24, 2.45) is 0 Å². The highest BCUT2D eigenvalue weighted by atomic mass is 32.2. The van der Waals surface area contributed by atoms with Gasteiger partial charge < -0.3 is 14.2 Å². The van der Waals surface area contributed by atoms with Crippen LogP contribution in [0.2, 0.25) is 0 Å². The van der Waals surface area contributed by atoms with Crippen molar-refractivity contribution in [2.75, 3.05) is 0 Å². The summed E-state index contributed by atoms with van der Waals surface area (Å²) in [6.45, 7) is 6.97. The Morgan fingerprint density at radius 3 is 2.11 bits per heavy atom. The van der Waals surface area contributed by atoms with E-state index in [1.54, 1.807) is 24.3 Å². The summed E-state index contributed by atoms with van der Waals surface area (Å²) in [5.74, 6) is -1.20. The molecule has 0 saturated heterocycles. The van der Waals surface area contributed by atoms with Crippen LogP contribution in [0.5, 0.6) is 11.5 Å². The summed E-state index contributed by atoms with van der Waals surface area (Å²) in [6, 6.07) is 12.6. The van der Waals surface area contributed by atoms with Gasteiger partial charge in [-0.25, -0.2) is 9.59 Å². The smallest absolute Gasteiger partial charge is 0.339 e. The first-order valence-electron chi connectivity index (χ1n) is 11.2. The molecule has 1 saturated carbocycles. The van der Waals surface area contributed by atoms with Crippen LogP contribution in [0.15, 0.2) is 78.2 Å². The molecular weight excluding hydrogens is 468 g/mol. The average Bonchev–Trinajstić information content (AvgIpc) is 2.86. The van der Waals surface area contributed by atoms with Crippen LogP contribution < -0.4 is 9.47 Å². The monoisotopic (exact) mass is 494 g/mol. The van der Waals surface area contributed by atoms with Gasteiger partial charge in [0.05, 0.1) is 6.42 Å². The van der Waals surface area contributed by atoms with Crippen molar-refractivity contribution in [1.82, 2.24) is 0 Å². The lowest BCUT2D eigenvalue weighted by Gasteiger charge is -2.21. The third kappa shape index (κ3) is 8.26. The highest BCUT2D eigenvalue weighted by Crippen LogP contribution is 2.26. The van der Waals surface area contributed by atoms with E-state index in [1.165, 1.54) is 24.3 Å². The third-order valence-corrected chi connectivity index (χ3v) is 6.15. The van der Waals surface area contributed by atoms with Crippen LogP contribution in [0.25, 0.3) is 0 Å². The van der Waals surface area contributed by atoms with Gasteiger partial charge in [0.2, 0.25) is 5.12 Å². The number of thioether (sulfide) groups is 1. The summed E-state index contributed by atoms with van der Waals surface area (Å²) in [5.41, 5.74) is 0.413. The van der Waals surface area contributed by atoms with Gasteiger partial charge >= 0.3 is 17.9 Å². The molecule has 182 valence electrons. The molecule has 0 aromatic heterocycles. The molecule has 3 rings (SSSR count). The van der Waals surface area contributed by atoms with E-state index >= 15 is 0 Å². The number of esters is 3. The lowest BCUT2D eigenvalue weighted by Crippen LogP contribution is -2.22. The number of hydrogen-bond donors (Lipinski definition) is 0. The topological polar surface area (TPSA) is 96.0 Å². The van der Waals surface area contributed by atoms with Crippen LogP contribution in [0.3, 0.4) is 0 Å². The van der Waals surface area contributed by atoms with Crippen LogP contribution in [-0.2, 0) is 19.1 Å². The molecule has 0 heterocycles. The number of carbonyl (C=O) groups excluding carboxylic acids is 4. The second-order valence-electron chi connectivity index (χ2n) is 7.93. The Morgan fingerprint density at radius 1 is 0.886 bits per heavy atom. The predicted octanol–water partition coefficient (Wildman–Crippen LogP) is 5.44. The second-order valence-corrected chi connectivity index (χ2v) is 8.98. The molecule has 0 radical (unpaired) electrons. The van der Waals surface area contributed by atoms with Gasteiger partial charge in [-0.2, -0.15) is 0 Å². The highest BCUT2D eigenvalue weighted by Gasteiger charge is 2.21. The number of rotatable bonds is 9. The number of carbonyl (C=O) groups is 4. The zero-order valence-electron chi connectivity index (χ0n) is 19.2. The number of benzene rings is 2. The Hall–Kier alpha value is -3.65. The minimum absolute atomic E-state index is 0.00346. The predicted molar refractivity (Wildman–Crippen MR) is 131 cm³/mol. The maximum Gasteiger partial charge on any atom is 0.339 e. The van der Waals surface area contributed by atoms with E-state index < -0.39 is 17.9 Å². The molecule has 1 aliphatic carbocycles. The first-order valence-corrected chi connectivity index (χ1v) is 12.0. The molecule has 0 N–H and O–H groups in total. The summed E-state index contributed by atoms with van der Waals surface area (Å²) in [6.07, 6.45) is 5.68. The molecule has 8 heteroatoms. The van der Waals surface area contributed by atoms with E-state index in [1.807, 2.05) is 0 Å². The quantitative estimate of drug-likeness (QED) is 0.197. The van der Waals surface area contributed by atoms with E-state index in [2.05, 4.69) is 13.2 Å². The molecule has 35 heavy (non-hydrogen) atoms. The van der Waals surface area contributed by atoms with Crippen molar-refractivity contribution in [2.45, 2.75) is 49.5 Å². The minimum atomic E-state index is -0.726. The summed E-state index contributed by atoms with van der Waals surface area (Å²) >= 11 is 1.00. The zero-order valence-corrected chi connectivity index (χ0v) is 20.0. The molecule has 2 aromatic carbocycles. The van der Waals surface area contributed by atoms with E-state index in [9.17, 15) is 19.2 Å². The molecule has 1 aliphatic rings. The fourth-order valence-electron chi connectivity index (χ4n) is 3.39. The van der Waals surface area contributed by atoms with Crippen molar-refractivity contribution in [3.8, 4) is 11.5 Å². The van der Waals surface area contributed by atoms with Gasteiger partial charge in [0.15, 0.2) is 0 Å². The molecule has 0 aliphatic heterocycles. The molecule has 1 fully saturated rings. The van der Waals surface area contributed by atoms with Crippen LogP contribution in [0, 0.1) is 0 Å². The van der Waals surface area contributed by atoms with Gasteiger partial charge in [-0.3, -0.25) is 9.59 Å². The maximum absolute atomic E-state index is 12.5. The Kier molecular flexibility index (Phi) is 9.43. The number of hydrogen-bond acceptors (Lipinski definition) is 8. The zero-order chi connectivity index (χ0) is 25.2. The first kappa shape index (κ1) is 26.0. The van der Waals surface area contributed by atoms with Gasteiger partial charge in [-0.15, -0.1) is 0 Å². The molecule has 7 nitrogen and oxygen atoms in total. The molecular formula is C27H26O7S. The normalized spacial score (nSPS) is 13.4. The third-order valence-electron chi connectivity index (χ3n) is 5.22. The summed E-state index contributed by atoms with van der Waals surface area (Å²) in [5, 5.41) is -0.214. The molecule has 0 amide bonds. The Labute approximate surface area is 208 Å². The van der Waals surface area contributed by atoms with Crippen molar-refractivity contribution in [3.63, 3.8) is 0 Å². The summed E-state index contributed by atoms with van der Waals surface area (Å²) < 4.78 is 15.7. The van der Waals surface area contributed by atoms with Crippen LogP contribution in [0.1, 0.15) is 48.9 Å². The Bertz CT molecular complexity index is 1100. The van der Waals surface area contributed by atoms with Gasteiger partial charge in [-0.1, -0.05) is 19.6 Å². The lowest BCUT2D eigenvalue weighted by atomic mass is 9.98. The van der Waals surface area contributed by atoms with Crippen molar-refractivity contribution < 1.29 is 33.4 Å². The largest absolute Gasteiger partial charge is 0.462 e. The standard InChI is InChI=1S/C27H26O7S/c1-3-24(28)32-21-13-15-23(16-14-21)35-27(31)19-9-11-22(12-10-19)34-26(30)18(2)17-25(29)33-20-7-5-4-6-8-20/h3,9-16,20H,1-2,4-8,17H2. The average molecular weight is 495 g/mol. The molecule has 0 spiro atoms. The first-order chi connectivity index (χ1) is 16.8. The SMILES string of the molecule is C=CC(=O)Oc1ccc(SC(=O)c2ccc(OC(=O)C(=C)CC(=O)OC3CCCCC3)cc2)cc1. The minimum Gasteiger partial charge on any atom is -0.462 e. The molecule has 0 unspecified atom stereocenters. The maximum atomic E-state index is 12.5. The van der Waals surface area contributed by atoms with E-state index in [4.69, 9.17) is 14.2 Å². The van der Waals surface area contributed by atoms with Crippen molar-refractivity contribution >= 4 is 34.8 Å². The van der Waals surface area contributed by atoms with Gasteiger partial charge in [-0.05, 0) is 86.0 Å². The van der Waals surface area contributed by atoms with Crippen LogP contribution >= 0.6 is 11.8 Å². The van der Waals surface area contributed by atoms with E-state index in [0.717, 1.165) is 49.9 Å². The lowest BCUT2D eigenvalue weighted by molar-refractivity contribution is -0.150. The molecule has 0 bridgehead atoms. The van der Waals surface area contributed by atoms with Gasteiger partial charge in [0.1, 0.15) is 17.6 Å². The van der Waals surface area contributed by atoms with Crippen molar-refractivity contribution in [3.05, 3.63) is 78.9 Å². The highest BCUT2D eigenvalue weighted by molar-refractivity contribution is 8.14. The number of ether oxygens (including phenoxy) is 3. The van der Waals surface area contributed by atoms with Gasteiger partial charge in [0.25, 0.3) is 0 Å². The van der Waals surface area contributed by atoms with E-state index in [-0.39, 0.29) is 29.0 Å². The summed E-state index contributed by atoms with van der Waals surface area (Å²) in [4.78, 5) is 48.8. The molecule has 2 aromatic rings. The van der Waals surface area contributed by atoms with Crippen molar-refractivity contribution in [1.29, 1.82) is 0 Å². The van der Waals surface area contributed by atoms with Crippen LogP contribution in [-0.4, -0.2) is 29.1 Å². The Morgan fingerprint density at radius 2 is 1.49 bits per heavy atom. The fourth-order valence-corrected chi connectivity index (χ4v) is 4.13. The second kappa shape index (κ2) is 12.7. The summed E-state index contributed by atoms with van der Waals surface area (Å²) in [7, 11) is 0. The van der Waals surface area contributed by atoms with Crippen LogP contribution in [0.4, 0.5) is 0 Å².